The van der Waals surface area contributed by atoms with E-state index in [1.807, 2.05) is 0 Å². The largest absolute Gasteiger partial charge is 0.558 e. The molecule has 0 aromatic carbocycles. The van der Waals surface area contributed by atoms with E-state index in [1.54, 1.807) is 11.8 Å². The monoisotopic (exact) mass is 822 g/mol. The van der Waals surface area contributed by atoms with Crippen molar-refractivity contribution in [3.8, 4) is 0 Å². The van der Waals surface area contributed by atoms with E-state index in [2.05, 4.69) is 53.3 Å². The number of nitrogens with zero attached hydrogens (tertiary/aromatic N) is 2. The van der Waals surface area contributed by atoms with Gasteiger partial charge in [-0.2, -0.15) is 0 Å². The van der Waals surface area contributed by atoms with Crippen LogP contribution >= 0.6 is 40.5 Å². The molecule has 0 aliphatic rings. The van der Waals surface area contributed by atoms with E-state index in [1.165, 1.54) is 0 Å². The molecule has 0 aliphatic carbocycles. The number of halogens is 3. The van der Waals surface area contributed by atoms with Crippen molar-refractivity contribution in [2.24, 2.45) is 0 Å². The molecule has 0 aliphatic heterocycles. The van der Waals surface area contributed by atoms with Crippen LogP contribution in [0.4, 0.5) is 12.6 Å². The Hall–Kier alpha value is 2.30. The molecule has 0 aromatic heterocycles. The fourth-order valence-electron chi connectivity index (χ4n) is 1.41. The van der Waals surface area contributed by atoms with E-state index < -0.39 is 8.85 Å². The SMILES string of the molecule is C[PH+](C)C[PH+](C)C.C[PH+](C)C[PH+](C)C.F[PH+](F)F.[C-]#N.[C-]#N.[CH3-].[Pt].[Pt]. The molecule has 0 aromatic rings. The van der Waals surface area contributed by atoms with Crippen LogP contribution in [0.5, 0.6) is 0 Å². The topological polar surface area (TPSA) is 47.6 Å². The Morgan fingerprint density at radius 2 is 0.640 bits per heavy atom. The van der Waals surface area contributed by atoms with Crippen molar-refractivity contribution in [3.05, 3.63) is 20.6 Å². The molecule has 12 heteroatoms. The van der Waals surface area contributed by atoms with Gasteiger partial charge in [0, 0.05) is 140 Å². The molecule has 162 valence electrons. The van der Waals surface area contributed by atoms with E-state index in [4.69, 9.17) is 23.7 Å². The fourth-order valence-corrected chi connectivity index (χ4v) is 12.7. The van der Waals surface area contributed by atoms with Crippen LogP contribution in [0, 0.1) is 31.1 Å². The van der Waals surface area contributed by atoms with Gasteiger partial charge in [0.1, 0.15) is 0 Å². The third-order valence-corrected chi connectivity index (χ3v) is 12.7. The standard InChI is InChI=1S/2C5H14P2.2CN.CH3.F3HP.2Pt/c2*1-6(2)5-7(3)4;2*1-2;;1-4(2)3;;/h2*5H2,1-4H3;;;1H3;4H;;/q;;3*-1;+1;;/p+4. The van der Waals surface area contributed by atoms with E-state index in [0.29, 0.717) is 0 Å². The maximum absolute atomic E-state index is 9.77. The molecule has 0 radical (unpaired) electrons. The first-order chi connectivity index (χ1) is 9.98. The van der Waals surface area contributed by atoms with Crippen LogP contribution in [-0.4, -0.2) is 65.1 Å². The molecule has 0 rings (SSSR count). The van der Waals surface area contributed by atoms with Crippen molar-refractivity contribution in [2.75, 3.05) is 65.1 Å². The van der Waals surface area contributed by atoms with Crippen molar-refractivity contribution >= 4 is 40.5 Å². The molecule has 0 saturated heterocycles. The van der Waals surface area contributed by atoms with Gasteiger partial charge in [-0.25, -0.2) is 0 Å². The first kappa shape index (κ1) is 50.7. The molecule has 25 heavy (non-hydrogen) atoms. The first-order valence-corrected chi connectivity index (χ1v) is 18.4. The van der Waals surface area contributed by atoms with Gasteiger partial charge >= 0.3 is 8.85 Å². The minimum absolute atomic E-state index is 0. The summed E-state index contributed by atoms with van der Waals surface area (Å²) in [4.78, 5) is 0. The summed E-state index contributed by atoms with van der Waals surface area (Å²) in [6, 6.07) is 0. The van der Waals surface area contributed by atoms with Gasteiger partial charge in [-0.15, -0.1) is 0 Å². The number of hydrogen-bond acceptors (Lipinski definition) is 2. The van der Waals surface area contributed by atoms with E-state index in [0.717, 1.165) is 0 Å². The maximum Gasteiger partial charge on any atom is 0.558 e. The quantitative estimate of drug-likeness (QED) is 0.248. The van der Waals surface area contributed by atoms with Gasteiger partial charge in [0.05, 0.1) is 0 Å². The van der Waals surface area contributed by atoms with Crippen molar-refractivity contribution < 1.29 is 54.7 Å². The van der Waals surface area contributed by atoms with Crippen molar-refractivity contribution in [2.45, 2.75) is 0 Å². The third-order valence-electron chi connectivity index (χ3n) is 1.41. The summed E-state index contributed by atoms with van der Waals surface area (Å²) >= 11 is 0. The molecule has 0 saturated carbocycles. The Morgan fingerprint density at radius 3 is 0.640 bits per heavy atom. The van der Waals surface area contributed by atoms with Crippen molar-refractivity contribution in [1.29, 1.82) is 10.5 Å². The van der Waals surface area contributed by atoms with Crippen LogP contribution in [-0.2, 0) is 42.1 Å². The third kappa shape index (κ3) is 146. The van der Waals surface area contributed by atoms with Gasteiger partial charge in [-0.05, 0) is 0 Å². The zero-order valence-electron chi connectivity index (χ0n) is 16.6. The second-order valence-corrected chi connectivity index (χ2v) is 18.3. The van der Waals surface area contributed by atoms with E-state index in [-0.39, 0.29) is 81.2 Å². The zero-order chi connectivity index (χ0) is 19.3. The molecular formula is C13H36F3N2P5Pt2+2. The van der Waals surface area contributed by atoms with Crippen LogP contribution in [0.25, 0.3) is 0 Å². The molecule has 0 unspecified atom stereocenters. The Balaban J connectivity index is -0.0000000254. The predicted molar refractivity (Wildman–Crippen MR) is 118 cm³/mol. The van der Waals surface area contributed by atoms with Crippen LogP contribution in [0.2, 0.25) is 0 Å². The summed E-state index contributed by atoms with van der Waals surface area (Å²) in [6.07, 6.45) is 0. The molecule has 0 fully saturated rings. The Labute approximate surface area is 190 Å². The zero-order valence-corrected chi connectivity index (χ0v) is 26.1. The van der Waals surface area contributed by atoms with Gasteiger partial charge in [0.25, 0.3) is 0 Å². The van der Waals surface area contributed by atoms with Gasteiger partial charge in [0.2, 0.25) is 0 Å². The molecule has 0 amide bonds. The summed E-state index contributed by atoms with van der Waals surface area (Å²) in [7, 11) is -3.94. The first-order valence-electron chi connectivity index (χ1n) is 6.43. The Morgan fingerprint density at radius 1 is 0.560 bits per heavy atom. The second kappa shape index (κ2) is 45.2. The predicted octanol–water partition coefficient (Wildman–Crippen LogP) is 6.28. The molecular weight excluding hydrogens is 786 g/mol. The second-order valence-electron chi connectivity index (χ2n) is 5.40. The summed E-state index contributed by atoms with van der Waals surface area (Å²) in [5.41, 5.74) is 0. The van der Waals surface area contributed by atoms with E-state index >= 15 is 0 Å². The molecule has 2 nitrogen and oxygen atoms in total. The van der Waals surface area contributed by atoms with Gasteiger partial charge in [-0.3, -0.25) is 0 Å². The normalized spacial score (nSPS) is 7.84. The van der Waals surface area contributed by atoms with Crippen molar-refractivity contribution in [1.82, 2.24) is 0 Å². The minimum atomic E-state index is -4.38. The van der Waals surface area contributed by atoms with Gasteiger partial charge in [0.15, 0.2) is 11.8 Å². The summed E-state index contributed by atoms with van der Waals surface area (Å²) in [5.74, 6) is 3.13. The van der Waals surface area contributed by atoms with Gasteiger partial charge in [-0.1, -0.05) is 0 Å². The van der Waals surface area contributed by atoms with Crippen LogP contribution in [0.15, 0.2) is 0 Å². The summed E-state index contributed by atoms with van der Waals surface area (Å²) in [5, 5.41) is 12.5. The summed E-state index contributed by atoms with van der Waals surface area (Å²) in [6.45, 7) is 28.6. The number of hydrogen-bond donors (Lipinski definition) is 0. The van der Waals surface area contributed by atoms with Crippen LogP contribution < -0.4 is 0 Å². The van der Waals surface area contributed by atoms with Crippen LogP contribution in [0.1, 0.15) is 0 Å². The average Bonchev–Trinajstić information content (AvgIpc) is 2.30. The van der Waals surface area contributed by atoms with Gasteiger partial charge < -0.3 is 31.1 Å². The number of rotatable bonds is 4. The maximum atomic E-state index is 9.77. The average molecular weight is 822 g/mol. The molecule has 0 heterocycles. The molecule has 0 atom stereocenters. The Bertz CT molecular complexity index is 201. The van der Waals surface area contributed by atoms with Crippen molar-refractivity contribution in [3.63, 3.8) is 0 Å². The van der Waals surface area contributed by atoms with E-state index in [9.17, 15) is 12.6 Å². The Kier molecular flexibility index (Phi) is 91.6. The summed E-state index contributed by atoms with van der Waals surface area (Å²) < 4.78 is 29.3. The molecule has 0 bridgehead atoms. The smallest absolute Gasteiger partial charge is 0.512 e. The molecule has 0 spiro atoms. The minimum Gasteiger partial charge on any atom is -0.512 e. The molecule has 0 N–H and O–H groups in total. The van der Waals surface area contributed by atoms with Crippen LogP contribution in [0.3, 0.4) is 0 Å². The fraction of sp³-hybridized carbons (Fsp3) is 0.769.